The molecule has 4 heteroatoms. The molecule has 2 N–H and O–H groups in total. The van der Waals surface area contributed by atoms with Crippen LogP contribution in [0.15, 0.2) is 48.5 Å². The number of aromatic amines is 1. The molecular formula is C25H30FNO2. The average molecular weight is 396 g/mol. The smallest absolute Gasteiger partial charge is 0.123 e. The Hall–Kier alpha value is -2.33. The lowest BCUT2D eigenvalue weighted by Gasteiger charge is -2.37. The molecule has 0 aliphatic heterocycles. The van der Waals surface area contributed by atoms with Gasteiger partial charge in [-0.05, 0) is 59.9 Å². The van der Waals surface area contributed by atoms with Gasteiger partial charge in [0.05, 0.1) is 12.7 Å². The number of H-pyrrole nitrogens is 1. The second-order valence-corrected chi connectivity index (χ2v) is 9.34. The molecule has 2 aromatic carbocycles. The van der Waals surface area contributed by atoms with Gasteiger partial charge in [-0.15, -0.1) is 0 Å². The first-order chi connectivity index (χ1) is 13.8. The van der Waals surface area contributed by atoms with Crippen LogP contribution >= 0.6 is 0 Å². The molecule has 154 valence electrons. The van der Waals surface area contributed by atoms with Crippen molar-refractivity contribution in [3.63, 3.8) is 0 Å². The van der Waals surface area contributed by atoms with Crippen LogP contribution in [0.1, 0.15) is 50.8 Å². The topological polar surface area (TPSA) is 45.2 Å². The molecule has 4 rings (SSSR count). The lowest BCUT2D eigenvalue weighted by Crippen LogP contribution is -2.39. The van der Waals surface area contributed by atoms with Gasteiger partial charge in [0.1, 0.15) is 11.6 Å². The summed E-state index contributed by atoms with van der Waals surface area (Å²) in [6, 6.07) is 14.9. The SMILES string of the molecule is COc1ccc(F)cc1C(C)(C)CC(O)(Cc1cc2ccccc2[nH]1)CC1CC1. The van der Waals surface area contributed by atoms with E-state index in [-0.39, 0.29) is 5.82 Å². The molecule has 3 nitrogen and oxygen atoms in total. The van der Waals surface area contributed by atoms with E-state index in [1.807, 2.05) is 12.1 Å². The largest absolute Gasteiger partial charge is 0.496 e. The first kappa shape index (κ1) is 20.0. The van der Waals surface area contributed by atoms with Gasteiger partial charge in [-0.1, -0.05) is 44.9 Å². The van der Waals surface area contributed by atoms with Crippen LogP contribution < -0.4 is 4.74 Å². The molecule has 3 aromatic rings. The second kappa shape index (κ2) is 7.49. The molecule has 1 fully saturated rings. The van der Waals surface area contributed by atoms with Crippen LogP contribution in [0.5, 0.6) is 5.75 Å². The van der Waals surface area contributed by atoms with E-state index in [0.29, 0.717) is 24.5 Å². The summed E-state index contributed by atoms with van der Waals surface area (Å²) in [4.78, 5) is 3.46. The molecule has 1 atom stereocenters. The van der Waals surface area contributed by atoms with Crippen LogP contribution in [-0.4, -0.2) is 22.8 Å². The van der Waals surface area contributed by atoms with Gasteiger partial charge in [0.2, 0.25) is 0 Å². The maximum Gasteiger partial charge on any atom is 0.123 e. The number of ether oxygens (including phenoxy) is 1. The van der Waals surface area contributed by atoms with E-state index >= 15 is 0 Å². The number of nitrogens with one attached hydrogen (secondary N) is 1. The third-order valence-electron chi connectivity index (χ3n) is 6.13. The van der Waals surface area contributed by atoms with Crippen molar-refractivity contribution in [2.75, 3.05) is 7.11 Å². The molecule has 0 spiro atoms. The molecule has 1 heterocycles. The number of methoxy groups -OCH3 is 1. The Morgan fingerprint density at radius 1 is 1.14 bits per heavy atom. The molecule has 1 unspecified atom stereocenters. The third kappa shape index (κ3) is 4.48. The highest BCUT2D eigenvalue weighted by atomic mass is 19.1. The van der Waals surface area contributed by atoms with Crippen molar-refractivity contribution in [3.05, 3.63) is 65.6 Å². The lowest BCUT2D eigenvalue weighted by atomic mass is 9.72. The molecule has 0 radical (unpaired) electrons. The van der Waals surface area contributed by atoms with Crippen molar-refractivity contribution in [3.8, 4) is 5.75 Å². The van der Waals surface area contributed by atoms with E-state index in [4.69, 9.17) is 4.74 Å². The first-order valence-electron chi connectivity index (χ1n) is 10.4. The second-order valence-electron chi connectivity index (χ2n) is 9.34. The first-order valence-corrected chi connectivity index (χ1v) is 10.4. The Bertz CT molecular complexity index is 972. The van der Waals surface area contributed by atoms with Crippen LogP contribution in [0.4, 0.5) is 4.39 Å². The summed E-state index contributed by atoms with van der Waals surface area (Å²) in [6.45, 7) is 4.13. The van der Waals surface area contributed by atoms with Crippen LogP contribution in [-0.2, 0) is 11.8 Å². The number of hydrogen-bond acceptors (Lipinski definition) is 2. The van der Waals surface area contributed by atoms with Crippen molar-refractivity contribution in [1.29, 1.82) is 0 Å². The Morgan fingerprint density at radius 2 is 1.90 bits per heavy atom. The van der Waals surface area contributed by atoms with Gasteiger partial charge in [-0.2, -0.15) is 0 Å². The van der Waals surface area contributed by atoms with Gasteiger partial charge in [0.15, 0.2) is 0 Å². The van der Waals surface area contributed by atoms with Crippen molar-refractivity contribution in [2.24, 2.45) is 5.92 Å². The van der Waals surface area contributed by atoms with E-state index in [2.05, 4.69) is 37.0 Å². The summed E-state index contributed by atoms with van der Waals surface area (Å²) in [5, 5.41) is 12.9. The highest BCUT2D eigenvalue weighted by molar-refractivity contribution is 5.80. The predicted molar refractivity (Wildman–Crippen MR) is 115 cm³/mol. The van der Waals surface area contributed by atoms with E-state index in [9.17, 15) is 9.50 Å². The van der Waals surface area contributed by atoms with E-state index in [0.717, 1.165) is 28.6 Å². The molecule has 1 aliphatic rings. The van der Waals surface area contributed by atoms with Crippen LogP contribution in [0.25, 0.3) is 10.9 Å². The minimum absolute atomic E-state index is 0.282. The maximum atomic E-state index is 14.0. The summed E-state index contributed by atoms with van der Waals surface area (Å²) in [5.74, 6) is 0.959. The Labute approximate surface area is 171 Å². The highest BCUT2D eigenvalue weighted by Gasteiger charge is 2.41. The van der Waals surface area contributed by atoms with Gasteiger partial charge < -0.3 is 14.8 Å². The maximum absolute atomic E-state index is 14.0. The van der Waals surface area contributed by atoms with Crippen molar-refractivity contribution >= 4 is 10.9 Å². The van der Waals surface area contributed by atoms with E-state index in [1.165, 1.54) is 18.9 Å². The van der Waals surface area contributed by atoms with Crippen molar-refractivity contribution < 1.29 is 14.2 Å². The van der Waals surface area contributed by atoms with Gasteiger partial charge in [0.25, 0.3) is 0 Å². The fraction of sp³-hybridized carbons (Fsp3) is 0.440. The zero-order valence-corrected chi connectivity index (χ0v) is 17.5. The van der Waals surface area contributed by atoms with Gasteiger partial charge in [0, 0.05) is 23.2 Å². The summed E-state index contributed by atoms with van der Waals surface area (Å²) < 4.78 is 19.5. The van der Waals surface area contributed by atoms with E-state index in [1.54, 1.807) is 19.2 Å². The number of rotatable bonds is 8. The highest BCUT2D eigenvalue weighted by Crippen LogP contribution is 2.45. The molecule has 0 bridgehead atoms. The number of aliphatic hydroxyl groups is 1. The minimum Gasteiger partial charge on any atom is -0.496 e. The number of halogens is 1. The molecule has 0 amide bonds. The Morgan fingerprint density at radius 3 is 2.59 bits per heavy atom. The van der Waals surface area contributed by atoms with Crippen LogP contribution in [0.2, 0.25) is 0 Å². The number of aromatic nitrogens is 1. The van der Waals surface area contributed by atoms with Crippen LogP contribution in [0, 0.1) is 11.7 Å². The van der Waals surface area contributed by atoms with E-state index < -0.39 is 11.0 Å². The molecule has 0 saturated heterocycles. The predicted octanol–water partition coefficient (Wildman–Crippen LogP) is 5.76. The molecule has 1 aliphatic carbocycles. The third-order valence-corrected chi connectivity index (χ3v) is 6.13. The standard InChI is InChI=1S/C25H30FNO2/c1-24(2,21-13-19(26)10-11-23(21)29-3)16-25(28,14-17-8-9-17)15-20-12-18-6-4-5-7-22(18)27-20/h4-7,10-13,17,27-28H,8-9,14-16H2,1-3H3. The Kier molecular flexibility index (Phi) is 5.16. The van der Waals surface area contributed by atoms with Crippen LogP contribution in [0.3, 0.4) is 0 Å². The Balaban J connectivity index is 1.64. The fourth-order valence-electron chi connectivity index (χ4n) is 4.78. The lowest BCUT2D eigenvalue weighted by molar-refractivity contribution is -0.000774. The number of fused-ring (bicyclic) bond motifs is 1. The zero-order chi connectivity index (χ0) is 20.6. The zero-order valence-electron chi connectivity index (χ0n) is 17.5. The molecule has 1 saturated carbocycles. The summed E-state index contributed by atoms with van der Waals surface area (Å²) in [7, 11) is 1.60. The van der Waals surface area contributed by atoms with Crippen molar-refractivity contribution in [2.45, 2.75) is 57.0 Å². The molecule has 29 heavy (non-hydrogen) atoms. The number of para-hydroxylation sites is 1. The quantitative estimate of drug-likeness (QED) is 0.509. The molecule has 1 aromatic heterocycles. The monoisotopic (exact) mass is 395 g/mol. The van der Waals surface area contributed by atoms with Gasteiger partial charge in [-0.25, -0.2) is 4.39 Å². The normalized spacial score (nSPS) is 16.7. The minimum atomic E-state index is -0.872. The summed E-state index contributed by atoms with van der Waals surface area (Å²) in [6.07, 6.45) is 4.21. The number of benzene rings is 2. The fourth-order valence-corrected chi connectivity index (χ4v) is 4.78. The van der Waals surface area contributed by atoms with Crippen molar-refractivity contribution in [1.82, 2.24) is 4.98 Å². The average Bonchev–Trinajstić information content (AvgIpc) is 3.36. The van der Waals surface area contributed by atoms with Gasteiger partial charge in [-0.3, -0.25) is 0 Å². The summed E-state index contributed by atoms with van der Waals surface area (Å²) >= 11 is 0. The molecular weight excluding hydrogens is 365 g/mol. The summed E-state index contributed by atoms with van der Waals surface area (Å²) in [5.41, 5.74) is 1.61. The van der Waals surface area contributed by atoms with Gasteiger partial charge >= 0.3 is 0 Å². The number of hydrogen-bond donors (Lipinski definition) is 2.